The fourth-order valence-electron chi connectivity index (χ4n) is 2.40. The third-order valence-electron chi connectivity index (χ3n) is 3.64. The zero-order valence-electron chi connectivity index (χ0n) is 14.3. The fourth-order valence-corrected chi connectivity index (χ4v) is 3.18. The largest absolute Gasteiger partial charge is 0.354 e. The molecular weight excluding hydrogens is 365 g/mol. The molecule has 6 nitrogen and oxygen atoms in total. The number of benzene rings is 2. The van der Waals surface area contributed by atoms with Crippen LogP contribution in [0.2, 0.25) is 0 Å². The lowest BCUT2D eigenvalue weighted by Gasteiger charge is -2.10. The van der Waals surface area contributed by atoms with E-state index in [1.54, 1.807) is 16.7 Å². The van der Waals surface area contributed by atoms with Gasteiger partial charge in [-0.05, 0) is 24.3 Å². The molecule has 0 saturated carbocycles. The summed E-state index contributed by atoms with van der Waals surface area (Å²) >= 11 is 1.23. The van der Waals surface area contributed by atoms with Crippen molar-refractivity contribution in [3.05, 3.63) is 60.4 Å². The number of hydrogen-bond donors (Lipinski definition) is 1. The minimum absolute atomic E-state index is 0.138. The Bertz CT molecular complexity index is 950. The lowest BCUT2D eigenvalue weighted by molar-refractivity contribution is -0.118. The molecule has 27 heavy (non-hydrogen) atoms. The molecule has 0 unspecified atom stereocenters. The number of nitriles is 1. The first-order valence-corrected chi connectivity index (χ1v) is 9.21. The molecule has 0 radical (unpaired) electrons. The molecule has 2 aromatic carbocycles. The molecule has 8 heteroatoms. The van der Waals surface area contributed by atoms with E-state index in [-0.39, 0.29) is 23.9 Å². The van der Waals surface area contributed by atoms with Crippen molar-refractivity contribution in [1.82, 2.24) is 20.1 Å². The molecular formula is C19H16FN5OS. The second-order valence-corrected chi connectivity index (χ2v) is 6.47. The van der Waals surface area contributed by atoms with Crippen molar-refractivity contribution < 1.29 is 9.18 Å². The van der Waals surface area contributed by atoms with E-state index in [0.29, 0.717) is 23.2 Å². The van der Waals surface area contributed by atoms with Crippen molar-refractivity contribution in [1.29, 1.82) is 5.26 Å². The Labute approximate surface area is 160 Å². The fraction of sp³-hybridized carbons (Fsp3) is 0.158. The number of aromatic nitrogens is 3. The van der Waals surface area contributed by atoms with Gasteiger partial charge in [-0.25, -0.2) is 4.39 Å². The monoisotopic (exact) mass is 381 g/mol. The maximum absolute atomic E-state index is 13.3. The average Bonchev–Trinajstić information content (AvgIpc) is 3.12. The summed E-state index contributed by atoms with van der Waals surface area (Å²) in [7, 11) is 0. The van der Waals surface area contributed by atoms with E-state index in [4.69, 9.17) is 5.26 Å². The number of rotatable bonds is 7. The van der Waals surface area contributed by atoms with Crippen molar-refractivity contribution in [3.8, 4) is 23.1 Å². The van der Waals surface area contributed by atoms with Gasteiger partial charge in [-0.2, -0.15) is 5.26 Å². The minimum atomic E-state index is -0.334. The van der Waals surface area contributed by atoms with Crippen LogP contribution in [0.25, 0.3) is 17.1 Å². The van der Waals surface area contributed by atoms with Crippen LogP contribution in [-0.4, -0.2) is 33.0 Å². The molecule has 1 heterocycles. The van der Waals surface area contributed by atoms with Crippen molar-refractivity contribution in [2.45, 2.75) is 11.6 Å². The maximum atomic E-state index is 13.3. The molecule has 0 saturated heterocycles. The maximum Gasteiger partial charge on any atom is 0.230 e. The van der Waals surface area contributed by atoms with Crippen LogP contribution in [0.5, 0.6) is 0 Å². The van der Waals surface area contributed by atoms with E-state index in [0.717, 1.165) is 5.56 Å². The molecule has 3 rings (SSSR count). The molecule has 1 amide bonds. The zero-order chi connectivity index (χ0) is 19.1. The Morgan fingerprint density at radius 2 is 1.89 bits per heavy atom. The lowest BCUT2D eigenvalue weighted by Crippen LogP contribution is -2.26. The van der Waals surface area contributed by atoms with Crippen LogP contribution in [0, 0.1) is 17.1 Å². The van der Waals surface area contributed by atoms with Gasteiger partial charge >= 0.3 is 0 Å². The Morgan fingerprint density at radius 3 is 2.59 bits per heavy atom. The molecule has 0 fully saturated rings. The van der Waals surface area contributed by atoms with E-state index in [1.165, 1.54) is 23.9 Å². The van der Waals surface area contributed by atoms with Crippen molar-refractivity contribution in [3.63, 3.8) is 0 Å². The number of nitrogens with zero attached hydrogens (tertiary/aromatic N) is 4. The van der Waals surface area contributed by atoms with Crippen LogP contribution < -0.4 is 5.32 Å². The van der Waals surface area contributed by atoms with Gasteiger partial charge in [0, 0.05) is 17.8 Å². The normalized spacial score (nSPS) is 10.4. The highest BCUT2D eigenvalue weighted by Gasteiger charge is 2.17. The summed E-state index contributed by atoms with van der Waals surface area (Å²) < 4.78 is 15.1. The highest BCUT2D eigenvalue weighted by molar-refractivity contribution is 7.99. The number of thioether (sulfide) groups is 1. The van der Waals surface area contributed by atoms with Gasteiger partial charge in [0.15, 0.2) is 11.0 Å². The number of halogens is 1. The summed E-state index contributed by atoms with van der Waals surface area (Å²) in [5, 5.41) is 20.2. The third-order valence-corrected chi connectivity index (χ3v) is 4.57. The molecule has 1 N–H and O–H groups in total. The summed E-state index contributed by atoms with van der Waals surface area (Å²) in [6, 6.07) is 17.5. The predicted molar refractivity (Wildman–Crippen MR) is 101 cm³/mol. The second-order valence-electron chi connectivity index (χ2n) is 5.53. The molecule has 3 aromatic rings. The second kappa shape index (κ2) is 8.96. The van der Waals surface area contributed by atoms with Gasteiger partial charge in [0.2, 0.25) is 5.91 Å². The highest BCUT2D eigenvalue weighted by atomic mass is 32.2. The van der Waals surface area contributed by atoms with Crippen LogP contribution in [0.4, 0.5) is 4.39 Å². The Hall–Kier alpha value is -3.18. The average molecular weight is 381 g/mol. The standard InChI is InChI=1S/C19H16FN5OS/c20-15-7-9-16(10-8-15)25-18(14-5-2-1-3-6-14)23-24-19(25)27-13-17(26)22-12-4-11-21/h1-3,5-10H,4,12-13H2,(H,22,26). The van der Waals surface area contributed by atoms with Gasteiger partial charge in [0.1, 0.15) is 5.82 Å². The van der Waals surface area contributed by atoms with E-state index in [1.807, 2.05) is 36.4 Å². The number of nitrogens with one attached hydrogen (secondary N) is 1. The topological polar surface area (TPSA) is 83.6 Å². The van der Waals surface area contributed by atoms with E-state index >= 15 is 0 Å². The lowest BCUT2D eigenvalue weighted by atomic mass is 10.2. The molecule has 0 aliphatic carbocycles. The third kappa shape index (κ3) is 4.71. The number of carbonyl (C=O) groups excluding carboxylic acids is 1. The van der Waals surface area contributed by atoms with Crippen LogP contribution >= 0.6 is 11.8 Å². The van der Waals surface area contributed by atoms with Gasteiger partial charge in [-0.3, -0.25) is 9.36 Å². The van der Waals surface area contributed by atoms with Gasteiger partial charge in [-0.1, -0.05) is 42.1 Å². The van der Waals surface area contributed by atoms with Crippen LogP contribution in [0.15, 0.2) is 59.8 Å². The summed E-state index contributed by atoms with van der Waals surface area (Å²) in [5.41, 5.74) is 1.56. The van der Waals surface area contributed by atoms with E-state index < -0.39 is 0 Å². The van der Waals surface area contributed by atoms with E-state index in [2.05, 4.69) is 15.5 Å². The van der Waals surface area contributed by atoms with Crippen molar-refractivity contribution >= 4 is 17.7 Å². The SMILES string of the molecule is N#CCCNC(=O)CSc1nnc(-c2ccccc2)n1-c1ccc(F)cc1. The first-order chi connectivity index (χ1) is 13.2. The molecule has 0 aliphatic heterocycles. The predicted octanol–water partition coefficient (Wildman–Crippen LogP) is 3.20. The first-order valence-electron chi connectivity index (χ1n) is 8.22. The molecule has 1 aromatic heterocycles. The van der Waals surface area contributed by atoms with Crippen LogP contribution in [0.1, 0.15) is 6.42 Å². The van der Waals surface area contributed by atoms with Crippen molar-refractivity contribution in [2.24, 2.45) is 0 Å². The molecule has 0 spiro atoms. The number of carbonyl (C=O) groups is 1. The molecule has 0 bridgehead atoms. The van der Waals surface area contributed by atoms with Gasteiger partial charge in [0.25, 0.3) is 0 Å². The number of amides is 1. The Morgan fingerprint density at radius 1 is 1.15 bits per heavy atom. The quantitative estimate of drug-likeness (QED) is 0.502. The smallest absolute Gasteiger partial charge is 0.230 e. The molecule has 136 valence electrons. The van der Waals surface area contributed by atoms with E-state index in [9.17, 15) is 9.18 Å². The minimum Gasteiger partial charge on any atom is -0.354 e. The van der Waals surface area contributed by atoms with Gasteiger partial charge < -0.3 is 5.32 Å². The Kier molecular flexibility index (Phi) is 6.18. The summed E-state index contributed by atoms with van der Waals surface area (Å²) in [5.74, 6) is 0.221. The van der Waals surface area contributed by atoms with Gasteiger partial charge in [-0.15, -0.1) is 10.2 Å². The first kappa shape index (κ1) is 18.6. The summed E-state index contributed by atoms with van der Waals surface area (Å²) in [6.07, 6.45) is 0.264. The zero-order valence-corrected chi connectivity index (χ0v) is 15.1. The highest BCUT2D eigenvalue weighted by Crippen LogP contribution is 2.27. The molecule has 0 atom stereocenters. The van der Waals surface area contributed by atoms with Gasteiger partial charge in [0.05, 0.1) is 18.2 Å². The number of hydrogen-bond acceptors (Lipinski definition) is 5. The van der Waals surface area contributed by atoms with Crippen LogP contribution in [0.3, 0.4) is 0 Å². The molecule has 0 aliphatic rings. The van der Waals surface area contributed by atoms with Crippen molar-refractivity contribution in [2.75, 3.05) is 12.3 Å². The van der Waals surface area contributed by atoms with Crippen LogP contribution in [-0.2, 0) is 4.79 Å². The summed E-state index contributed by atoms with van der Waals surface area (Å²) in [6.45, 7) is 0.315. The summed E-state index contributed by atoms with van der Waals surface area (Å²) in [4.78, 5) is 11.9. The Balaban J connectivity index is 1.88.